The SMILES string of the molecule is Cc1c2oc3cnc(N(c4ccc(C(C)(C)C)cc4)c4ccc(C(C)(C)C)cc4)nc3c2cc2c1oc1cnc(N(c3ccc(C(C)(C)C)cc3)c3ccc(C(C)(C)C)cc3)nc12. The van der Waals surface area contributed by atoms with Crippen molar-refractivity contribution in [2.45, 2.75) is 112 Å². The second kappa shape index (κ2) is 14.8. The van der Waals surface area contributed by atoms with Crippen molar-refractivity contribution in [1.29, 1.82) is 0 Å². The molecule has 0 fully saturated rings. The Bertz CT molecular complexity index is 2810. The Kier molecular flexibility index (Phi) is 9.81. The first-order valence-electron chi connectivity index (χ1n) is 22.0. The first-order valence-corrected chi connectivity index (χ1v) is 22.0. The summed E-state index contributed by atoms with van der Waals surface area (Å²) in [6.07, 6.45) is 3.57. The zero-order valence-electron chi connectivity index (χ0n) is 39.0. The highest BCUT2D eigenvalue weighted by atomic mass is 16.3. The molecule has 63 heavy (non-hydrogen) atoms. The van der Waals surface area contributed by atoms with Crippen LogP contribution in [0.4, 0.5) is 34.6 Å². The van der Waals surface area contributed by atoms with E-state index < -0.39 is 0 Å². The van der Waals surface area contributed by atoms with E-state index in [-0.39, 0.29) is 21.7 Å². The van der Waals surface area contributed by atoms with Gasteiger partial charge >= 0.3 is 0 Å². The Morgan fingerprint density at radius 3 is 0.921 bits per heavy atom. The lowest BCUT2D eigenvalue weighted by Crippen LogP contribution is -2.16. The third kappa shape index (κ3) is 7.70. The molecule has 0 aliphatic heterocycles. The molecule has 0 atom stereocenters. The van der Waals surface area contributed by atoms with Gasteiger partial charge in [-0.2, -0.15) is 0 Å². The molecule has 8 nitrogen and oxygen atoms in total. The summed E-state index contributed by atoms with van der Waals surface area (Å²) in [4.78, 5) is 24.7. The minimum atomic E-state index is 0.0165. The zero-order chi connectivity index (χ0) is 44.8. The van der Waals surface area contributed by atoms with Crippen molar-refractivity contribution in [2.24, 2.45) is 0 Å². The number of benzene rings is 5. The van der Waals surface area contributed by atoms with Crippen LogP contribution in [-0.4, -0.2) is 19.9 Å². The summed E-state index contributed by atoms with van der Waals surface area (Å²) in [5, 5.41) is 1.72. The van der Waals surface area contributed by atoms with E-state index in [0.29, 0.717) is 45.3 Å². The van der Waals surface area contributed by atoms with Gasteiger partial charge in [-0.1, -0.05) is 132 Å². The van der Waals surface area contributed by atoms with E-state index in [1.807, 2.05) is 6.92 Å². The maximum absolute atomic E-state index is 6.54. The van der Waals surface area contributed by atoms with Gasteiger partial charge in [0.15, 0.2) is 11.2 Å². The average Bonchev–Trinajstić information content (AvgIpc) is 3.79. The lowest BCUT2D eigenvalue weighted by atomic mass is 9.87. The fourth-order valence-electron chi connectivity index (χ4n) is 8.29. The minimum Gasteiger partial charge on any atom is -0.452 e. The lowest BCUT2D eigenvalue weighted by Gasteiger charge is -2.26. The Labute approximate surface area is 371 Å². The number of hydrogen-bond donors (Lipinski definition) is 0. The molecular weight excluding hydrogens is 777 g/mol. The van der Waals surface area contributed by atoms with Crippen LogP contribution in [0.15, 0.2) is 124 Å². The zero-order valence-corrected chi connectivity index (χ0v) is 39.0. The standard InChI is InChI=1S/C55H58N6O2/c1-33-48-42(46-44(62-48)31-56-50(58-46)60(38-22-14-34(15-23-38)52(2,3)4)39-24-16-35(17-25-39)53(5,6)7)30-43-47-45(63-49(33)43)32-57-51(59-47)61(40-26-18-36(19-27-40)54(8,9)10)41-28-20-37(21-29-41)55(11,12)13/h14-32H,1-13H3. The number of aromatic nitrogens is 4. The second-order valence-electron chi connectivity index (χ2n) is 21.1. The average molecular weight is 835 g/mol. The van der Waals surface area contributed by atoms with Gasteiger partial charge in [-0.3, -0.25) is 9.80 Å². The van der Waals surface area contributed by atoms with Crippen molar-refractivity contribution in [3.8, 4) is 0 Å². The molecule has 8 heteroatoms. The smallest absolute Gasteiger partial charge is 0.235 e. The topological polar surface area (TPSA) is 84.3 Å². The monoisotopic (exact) mass is 834 g/mol. The molecule has 0 saturated heterocycles. The third-order valence-corrected chi connectivity index (χ3v) is 12.2. The molecule has 4 aromatic heterocycles. The number of hydrogen-bond acceptors (Lipinski definition) is 8. The lowest BCUT2D eigenvalue weighted by molar-refractivity contribution is 0.590. The van der Waals surface area contributed by atoms with Crippen molar-refractivity contribution in [2.75, 3.05) is 9.80 Å². The van der Waals surface area contributed by atoms with Gasteiger partial charge in [0.2, 0.25) is 11.9 Å². The van der Waals surface area contributed by atoms with E-state index in [1.54, 1.807) is 12.4 Å². The van der Waals surface area contributed by atoms with Gasteiger partial charge in [-0.15, -0.1) is 0 Å². The first kappa shape index (κ1) is 41.8. The number of rotatable bonds is 6. The maximum atomic E-state index is 6.54. The molecule has 0 spiro atoms. The molecule has 5 aromatic carbocycles. The largest absolute Gasteiger partial charge is 0.452 e. The van der Waals surface area contributed by atoms with Crippen LogP contribution in [0.25, 0.3) is 44.1 Å². The fraction of sp³-hybridized carbons (Fsp3) is 0.309. The Balaban J connectivity index is 1.20. The molecule has 9 aromatic rings. The summed E-state index contributed by atoms with van der Waals surface area (Å²) in [5.74, 6) is 1.09. The molecule has 0 N–H and O–H groups in total. The van der Waals surface area contributed by atoms with Gasteiger partial charge in [0.1, 0.15) is 22.2 Å². The van der Waals surface area contributed by atoms with E-state index in [1.165, 1.54) is 22.3 Å². The summed E-state index contributed by atoms with van der Waals surface area (Å²) in [6, 6.07) is 36.9. The number of anilines is 6. The number of nitrogens with zero attached hydrogens (tertiary/aromatic N) is 6. The molecule has 0 aliphatic rings. The Hall–Kier alpha value is -6.54. The molecular formula is C55H58N6O2. The highest BCUT2D eigenvalue weighted by molar-refractivity contribution is 6.15. The third-order valence-electron chi connectivity index (χ3n) is 12.2. The van der Waals surface area contributed by atoms with Crippen LogP contribution in [0.1, 0.15) is 111 Å². The van der Waals surface area contributed by atoms with Gasteiger partial charge in [0.25, 0.3) is 0 Å². The van der Waals surface area contributed by atoms with E-state index in [9.17, 15) is 0 Å². The molecule has 0 saturated carbocycles. The normalized spacial score (nSPS) is 12.8. The molecule has 0 unspecified atom stereocenters. The van der Waals surface area contributed by atoms with Crippen molar-refractivity contribution >= 4 is 78.8 Å². The summed E-state index contributed by atoms with van der Waals surface area (Å²) >= 11 is 0. The predicted molar refractivity (Wildman–Crippen MR) is 261 cm³/mol. The van der Waals surface area contributed by atoms with Crippen molar-refractivity contribution in [3.63, 3.8) is 0 Å². The van der Waals surface area contributed by atoms with Crippen LogP contribution < -0.4 is 9.80 Å². The Morgan fingerprint density at radius 1 is 0.397 bits per heavy atom. The molecule has 4 heterocycles. The van der Waals surface area contributed by atoms with Gasteiger partial charge in [0.05, 0.1) is 12.4 Å². The van der Waals surface area contributed by atoms with Gasteiger partial charge in [0, 0.05) is 39.1 Å². The predicted octanol–water partition coefficient (Wildman–Crippen LogP) is 15.5. The highest BCUT2D eigenvalue weighted by Crippen LogP contribution is 2.42. The molecule has 0 aliphatic carbocycles. The van der Waals surface area contributed by atoms with Gasteiger partial charge < -0.3 is 8.83 Å². The second-order valence-corrected chi connectivity index (χ2v) is 21.1. The van der Waals surface area contributed by atoms with E-state index >= 15 is 0 Å². The van der Waals surface area contributed by atoms with Crippen LogP contribution in [0, 0.1) is 6.92 Å². The van der Waals surface area contributed by atoms with Crippen LogP contribution in [-0.2, 0) is 21.7 Å². The van der Waals surface area contributed by atoms with Gasteiger partial charge in [-0.25, -0.2) is 19.9 Å². The minimum absolute atomic E-state index is 0.0165. The number of fused-ring (bicyclic) bond motifs is 6. The van der Waals surface area contributed by atoms with Crippen LogP contribution >= 0.6 is 0 Å². The first-order chi connectivity index (χ1) is 29.6. The molecule has 0 bridgehead atoms. The Morgan fingerprint density at radius 2 is 0.667 bits per heavy atom. The van der Waals surface area contributed by atoms with Crippen LogP contribution in [0.3, 0.4) is 0 Å². The number of furan rings is 2. The summed E-state index contributed by atoms with van der Waals surface area (Å²) in [6.45, 7) is 28.8. The molecule has 320 valence electrons. The highest BCUT2D eigenvalue weighted by Gasteiger charge is 2.26. The summed E-state index contributed by atoms with van der Waals surface area (Å²) in [5.41, 5.74) is 13.8. The number of aryl methyl sites for hydroxylation is 1. The van der Waals surface area contributed by atoms with E-state index in [4.69, 9.17) is 28.8 Å². The van der Waals surface area contributed by atoms with Crippen LogP contribution in [0.2, 0.25) is 0 Å². The van der Waals surface area contributed by atoms with E-state index in [0.717, 1.165) is 39.1 Å². The maximum Gasteiger partial charge on any atom is 0.235 e. The van der Waals surface area contributed by atoms with Gasteiger partial charge in [-0.05, 0) is 105 Å². The quantitative estimate of drug-likeness (QED) is 0.164. The van der Waals surface area contributed by atoms with Crippen molar-refractivity contribution in [1.82, 2.24) is 19.9 Å². The van der Waals surface area contributed by atoms with Crippen molar-refractivity contribution in [3.05, 3.63) is 143 Å². The molecule has 0 radical (unpaired) electrons. The fourth-order valence-corrected chi connectivity index (χ4v) is 8.29. The van der Waals surface area contributed by atoms with Crippen LogP contribution in [0.5, 0.6) is 0 Å². The van der Waals surface area contributed by atoms with E-state index in [2.05, 4.69) is 196 Å². The summed E-state index contributed by atoms with van der Waals surface area (Å²) in [7, 11) is 0. The molecule has 9 rings (SSSR count). The van der Waals surface area contributed by atoms with Crippen molar-refractivity contribution < 1.29 is 8.83 Å². The molecule has 0 amide bonds. The summed E-state index contributed by atoms with van der Waals surface area (Å²) < 4.78 is 13.1.